The Bertz CT molecular complexity index is 329. The molecule has 0 aliphatic rings. The lowest BCUT2D eigenvalue weighted by molar-refractivity contribution is 0.131. The Balaban J connectivity index is 0.00000225. The third kappa shape index (κ3) is 3.11. The number of hydrogen-bond acceptors (Lipinski definition) is 3. The van der Waals surface area contributed by atoms with Crippen molar-refractivity contribution in [2.24, 2.45) is 11.1 Å². The first-order chi connectivity index (χ1) is 7.03. The van der Waals surface area contributed by atoms with Crippen LogP contribution in [0, 0.1) is 5.41 Å². The quantitative estimate of drug-likeness (QED) is 0.855. The zero-order valence-electron chi connectivity index (χ0n) is 9.93. The molecule has 1 aromatic rings. The third-order valence-electron chi connectivity index (χ3n) is 2.72. The first kappa shape index (κ1) is 15.2. The van der Waals surface area contributed by atoms with Crippen LogP contribution in [0.4, 0.5) is 0 Å². The molecule has 0 radical (unpaired) electrons. The number of halogens is 1. The Morgan fingerprint density at radius 1 is 1.38 bits per heavy atom. The molecule has 1 atom stereocenters. The van der Waals surface area contributed by atoms with Crippen molar-refractivity contribution in [1.29, 1.82) is 0 Å². The van der Waals surface area contributed by atoms with Gasteiger partial charge < -0.3 is 15.6 Å². The van der Waals surface area contributed by atoms with Gasteiger partial charge in [-0.1, -0.05) is 32.0 Å². The fourth-order valence-electron chi connectivity index (χ4n) is 1.44. The molecule has 1 rings (SSSR count). The van der Waals surface area contributed by atoms with Gasteiger partial charge in [-0.25, -0.2) is 0 Å². The molecule has 0 unspecified atom stereocenters. The summed E-state index contributed by atoms with van der Waals surface area (Å²) >= 11 is 0. The van der Waals surface area contributed by atoms with Gasteiger partial charge in [0, 0.05) is 23.6 Å². The van der Waals surface area contributed by atoms with Crippen molar-refractivity contribution < 1.29 is 9.84 Å². The summed E-state index contributed by atoms with van der Waals surface area (Å²) in [4.78, 5) is 0. The van der Waals surface area contributed by atoms with E-state index in [1.54, 1.807) is 7.11 Å². The van der Waals surface area contributed by atoms with Crippen LogP contribution >= 0.6 is 12.4 Å². The van der Waals surface area contributed by atoms with Gasteiger partial charge in [0.15, 0.2) is 0 Å². The Morgan fingerprint density at radius 3 is 2.44 bits per heavy atom. The number of methoxy groups -OCH3 is 1. The highest BCUT2D eigenvalue weighted by Crippen LogP contribution is 2.35. The van der Waals surface area contributed by atoms with Crippen molar-refractivity contribution >= 4 is 12.4 Å². The van der Waals surface area contributed by atoms with E-state index in [4.69, 9.17) is 10.5 Å². The van der Waals surface area contributed by atoms with E-state index in [0.717, 1.165) is 11.3 Å². The van der Waals surface area contributed by atoms with Crippen LogP contribution < -0.4 is 10.5 Å². The summed E-state index contributed by atoms with van der Waals surface area (Å²) in [6, 6.07) is 7.40. The van der Waals surface area contributed by atoms with E-state index in [0.29, 0.717) is 0 Å². The second-order valence-electron chi connectivity index (χ2n) is 4.37. The molecule has 0 fully saturated rings. The van der Waals surface area contributed by atoms with Gasteiger partial charge in [-0.3, -0.25) is 0 Å². The van der Waals surface area contributed by atoms with Gasteiger partial charge in [-0.15, -0.1) is 12.4 Å². The third-order valence-corrected chi connectivity index (χ3v) is 2.72. The first-order valence-electron chi connectivity index (χ1n) is 5.02. The lowest BCUT2D eigenvalue weighted by Crippen LogP contribution is -2.32. The van der Waals surface area contributed by atoms with E-state index < -0.39 is 0 Å². The number of rotatable bonds is 4. The average Bonchev–Trinajstić information content (AvgIpc) is 2.28. The molecule has 0 spiro atoms. The Morgan fingerprint density at radius 2 is 1.94 bits per heavy atom. The smallest absolute Gasteiger partial charge is 0.123 e. The molecular weight excluding hydrogens is 226 g/mol. The van der Waals surface area contributed by atoms with Crippen LogP contribution in [0.2, 0.25) is 0 Å². The minimum atomic E-state index is -0.353. The van der Waals surface area contributed by atoms with E-state index in [2.05, 4.69) is 0 Å². The van der Waals surface area contributed by atoms with Crippen LogP contribution in [0.15, 0.2) is 24.3 Å². The molecule has 0 aliphatic heterocycles. The number of nitrogens with two attached hydrogens (primary N) is 1. The standard InChI is InChI=1S/C12H19NO2.ClH/c1-12(2,8-14)11(13)9-6-4-5-7-10(9)15-3;/h4-7,11,14H,8,13H2,1-3H3;1H/t11-;/m1./s1. The van der Waals surface area contributed by atoms with E-state index in [-0.39, 0.29) is 30.5 Å². The average molecular weight is 246 g/mol. The number of benzene rings is 1. The number of para-hydroxylation sites is 1. The number of hydrogen-bond donors (Lipinski definition) is 2. The molecule has 0 aromatic heterocycles. The molecule has 16 heavy (non-hydrogen) atoms. The van der Waals surface area contributed by atoms with Crippen molar-refractivity contribution in [2.45, 2.75) is 19.9 Å². The highest BCUT2D eigenvalue weighted by molar-refractivity contribution is 5.85. The van der Waals surface area contributed by atoms with Crippen LogP contribution in [-0.2, 0) is 0 Å². The zero-order chi connectivity index (χ0) is 11.5. The predicted molar refractivity (Wildman–Crippen MR) is 68.0 cm³/mol. The van der Waals surface area contributed by atoms with Crippen LogP contribution in [0.25, 0.3) is 0 Å². The molecule has 1 aromatic carbocycles. The zero-order valence-corrected chi connectivity index (χ0v) is 10.8. The molecule has 4 heteroatoms. The van der Waals surface area contributed by atoms with Crippen molar-refractivity contribution in [3.8, 4) is 5.75 Å². The number of aliphatic hydroxyl groups is 1. The molecule has 0 saturated carbocycles. The topological polar surface area (TPSA) is 55.5 Å². The lowest BCUT2D eigenvalue weighted by Gasteiger charge is -2.30. The monoisotopic (exact) mass is 245 g/mol. The Hall–Kier alpha value is -0.770. The highest BCUT2D eigenvalue weighted by Gasteiger charge is 2.28. The van der Waals surface area contributed by atoms with Gasteiger partial charge in [0.25, 0.3) is 0 Å². The fraction of sp³-hybridized carbons (Fsp3) is 0.500. The minimum Gasteiger partial charge on any atom is -0.496 e. The predicted octanol–water partition coefficient (Wildman–Crippen LogP) is 2.14. The summed E-state index contributed by atoms with van der Waals surface area (Å²) in [5.74, 6) is 0.770. The highest BCUT2D eigenvalue weighted by atomic mass is 35.5. The molecule has 0 heterocycles. The summed E-state index contributed by atoms with van der Waals surface area (Å²) < 4.78 is 5.24. The Labute approximate surface area is 103 Å². The van der Waals surface area contributed by atoms with Crippen molar-refractivity contribution in [1.82, 2.24) is 0 Å². The van der Waals surface area contributed by atoms with Gasteiger partial charge >= 0.3 is 0 Å². The van der Waals surface area contributed by atoms with E-state index in [1.807, 2.05) is 38.1 Å². The normalized spacial score (nSPS) is 12.8. The molecule has 3 nitrogen and oxygen atoms in total. The van der Waals surface area contributed by atoms with E-state index in [1.165, 1.54) is 0 Å². The lowest BCUT2D eigenvalue weighted by atomic mass is 9.81. The minimum absolute atomic E-state index is 0. The van der Waals surface area contributed by atoms with Gasteiger partial charge in [-0.2, -0.15) is 0 Å². The molecule has 0 aliphatic carbocycles. The first-order valence-corrected chi connectivity index (χ1v) is 5.02. The number of ether oxygens (including phenoxy) is 1. The molecule has 3 N–H and O–H groups in total. The van der Waals surface area contributed by atoms with Crippen LogP contribution in [0.3, 0.4) is 0 Å². The van der Waals surface area contributed by atoms with Crippen LogP contribution in [0.5, 0.6) is 5.75 Å². The summed E-state index contributed by atoms with van der Waals surface area (Å²) in [5, 5.41) is 9.27. The maximum atomic E-state index is 9.27. The maximum absolute atomic E-state index is 9.27. The summed E-state index contributed by atoms with van der Waals surface area (Å²) in [6.07, 6.45) is 0. The van der Waals surface area contributed by atoms with Gasteiger partial charge in [0.2, 0.25) is 0 Å². The van der Waals surface area contributed by atoms with Crippen molar-refractivity contribution in [3.63, 3.8) is 0 Å². The van der Waals surface area contributed by atoms with Gasteiger partial charge in [-0.05, 0) is 6.07 Å². The number of aliphatic hydroxyl groups excluding tert-OH is 1. The van der Waals surface area contributed by atoms with Crippen LogP contribution in [-0.4, -0.2) is 18.8 Å². The van der Waals surface area contributed by atoms with Crippen LogP contribution in [0.1, 0.15) is 25.5 Å². The molecule has 0 amide bonds. The maximum Gasteiger partial charge on any atom is 0.123 e. The molecule has 0 saturated heterocycles. The summed E-state index contributed by atoms with van der Waals surface area (Å²) in [5.41, 5.74) is 6.70. The molecule has 92 valence electrons. The van der Waals surface area contributed by atoms with Crippen molar-refractivity contribution in [2.75, 3.05) is 13.7 Å². The van der Waals surface area contributed by atoms with Gasteiger partial charge in [0.1, 0.15) is 5.75 Å². The largest absolute Gasteiger partial charge is 0.496 e. The molecule has 0 bridgehead atoms. The second-order valence-corrected chi connectivity index (χ2v) is 4.37. The second kappa shape index (κ2) is 6.09. The fourth-order valence-corrected chi connectivity index (χ4v) is 1.44. The SMILES string of the molecule is COc1ccccc1[C@@H](N)C(C)(C)CO.Cl. The Kier molecular flexibility index (Phi) is 5.79. The van der Waals surface area contributed by atoms with Gasteiger partial charge in [0.05, 0.1) is 7.11 Å². The summed E-state index contributed by atoms with van der Waals surface area (Å²) in [6.45, 7) is 3.92. The van der Waals surface area contributed by atoms with E-state index in [9.17, 15) is 5.11 Å². The summed E-state index contributed by atoms with van der Waals surface area (Å²) in [7, 11) is 1.62. The molecular formula is C12H20ClNO2. The van der Waals surface area contributed by atoms with Crippen molar-refractivity contribution in [3.05, 3.63) is 29.8 Å². The van der Waals surface area contributed by atoms with E-state index >= 15 is 0 Å².